The topological polar surface area (TPSA) is 58.9 Å². The molecule has 5 heteroatoms. The number of ether oxygens (including phenoxy) is 2. The van der Waals surface area contributed by atoms with E-state index in [1.54, 1.807) is 14.2 Å². The van der Waals surface area contributed by atoms with Gasteiger partial charge in [-0.3, -0.25) is 0 Å². The summed E-state index contributed by atoms with van der Waals surface area (Å²) in [5, 5.41) is 23.9. The number of rotatable bonds is 8. The maximum absolute atomic E-state index is 10.5. The largest absolute Gasteiger partial charge is 0.496 e. The molecule has 198 valence electrons. The van der Waals surface area contributed by atoms with Gasteiger partial charge in [-0.1, -0.05) is 70.7 Å². The summed E-state index contributed by atoms with van der Waals surface area (Å²) in [4.78, 5) is 0. The van der Waals surface area contributed by atoms with Crippen molar-refractivity contribution in [2.75, 3.05) is 14.2 Å². The molecule has 2 aliphatic carbocycles. The second-order valence-corrected chi connectivity index (χ2v) is 13.3. The molecule has 3 aromatic carbocycles. The number of hydrogen-bond acceptors (Lipinski definition) is 4. The number of aliphatic hydroxyl groups is 2. The van der Waals surface area contributed by atoms with Crippen molar-refractivity contribution in [3.05, 3.63) is 53.6 Å². The van der Waals surface area contributed by atoms with Crippen molar-refractivity contribution >= 4 is 24.0 Å². The Bertz CT molecular complexity index is 1190. The first-order valence-electron chi connectivity index (χ1n) is 14.0. The van der Waals surface area contributed by atoms with Crippen LogP contribution >= 0.6 is 7.92 Å². The van der Waals surface area contributed by atoms with Gasteiger partial charge in [0.25, 0.3) is 0 Å². The molecule has 3 aromatic rings. The highest BCUT2D eigenvalue weighted by molar-refractivity contribution is 7.67. The molecule has 2 fully saturated rings. The van der Waals surface area contributed by atoms with Gasteiger partial charge < -0.3 is 19.7 Å². The SMILES string of the molecule is COc1ccc(-c2c(CO)cc(CO)c3ccccc23)c(OC)c1P(C1CCCCC1)C1CCCCC1. The predicted octanol–water partition coefficient (Wildman–Crippen LogP) is 7.28. The van der Waals surface area contributed by atoms with Gasteiger partial charge in [0.2, 0.25) is 0 Å². The van der Waals surface area contributed by atoms with Crippen molar-refractivity contribution in [1.29, 1.82) is 0 Å². The Balaban J connectivity index is 1.77. The quantitative estimate of drug-likeness (QED) is 0.307. The number of methoxy groups -OCH3 is 2. The zero-order valence-electron chi connectivity index (χ0n) is 22.3. The second-order valence-electron chi connectivity index (χ2n) is 10.6. The van der Waals surface area contributed by atoms with Gasteiger partial charge in [-0.15, -0.1) is 0 Å². The molecule has 0 amide bonds. The molecule has 0 saturated heterocycles. The molecule has 37 heavy (non-hydrogen) atoms. The average Bonchev–Trinajstić information content (AvgIpc) is 2.97. The van der Waals surface area contributed by atoms with Crippen LogP contribution in [0.1, 0.15) is 75.3 Å². The van der Waals surface area contributed by atoms with E-state index in [1.807, 2.05) is 18.2 Å². The minimum atomic E-state index is -0.471. The van der Waals surface area contributed by atoms with Gasteiger partial charge in [0.05, 0.1) is 32.7 Å². The fourth-order valence-electron chi connectivity index (χ4n) is 6.84. The Hall–Kier alpha value is -2.13. The Morgan fingerprint density at radius 2 is 1.32 bits per heavy atom. The van der Waals surface area contributed by atoms with Crippen molar-refractivity contribution in [2.45, 2.75) is 88.7 Å². The number of benzene rings is 3. The highest BCUT2D eigenvalue weighted by atomic mass is 31.1. The lowest BCUT2D eigenvalue weighted by atomic mass is 9.90. The van der Waals surface area contributed by atoms with E-state index < -0.39 is 7.92 Å². The van der Waals surface area contributed by atoms with Gasteiger partial charge in [-0.2, -0.15) is 0 Å². The third-order valence-electron chi connectivity index (χ3n) is 8.53. The van der Waals surface area contributed by atoms with E-state index in [0.717, 1.165) is 44.5 Å². The molecular weight excluding hydrogens is 479 g/mol. The Morgan fingerprint density at radius 3 is 1.86 bits per heavy atom. The zero-order chi connectivity index (χ0) is 25.8. The standard InChI is InChI=1S/C32H41O4P/c1-35-29-18-17-28(30-23(21-34)19-22(20-33)26-15-9-10-16-27(26)30)31(36-2)32(29)37(24-11-5-3-6-12-24)25-13-7-4-8-14-25/h9-10,15-19,24-25,33-34H,3-8,11-14,20-21H2,1-2H3. The van der Waals surface area contributed by atoms with Crippen LogP contribution in [0, 0.1) is 0 Å². The monoisotopic (exact) mass is 520 g/mol. The molecule has 0 atom stereocenters. The third-order valence-corrected chi connectivity index (χ3v) is 12.1. The summed E-state index contributed by atoms with van der Waals surface area (Å²) < 4.78 is 12.4. The summed E-state index contributed by atoms with van der Waals surface area (Å²) in [7, 11) is 3.11. The molecule has 0 bridgehead atoms. The molecule has 2 saturated carbocycles. The van der Waals surface area contributed by atoms with Crippen LogP contribution in [0.2, 0.25) is 0 Å². The maximum atomic E-state index is 10.5. The van der Waals surface area contributed by atoms with Crippen LogP contribution in [0.3, 0.4) is 0 Å². The van der Waals surface area contributed by atoms with Crippen molar-refractivity contribution in [1.82, 2.24) is 0 Å². The normalized spacial score (nSPS) is 17.4. The van der Waals surface area contributed by atoms with E-state index in [2.05, 4.69) is 24.3 Å². The van der Waals surface area contributed by atoms with Crippen LogP contribution in [0.5, 0.6) is 11.5 Å². The van der Waals surface area contributed by atoms with E-state index in [-0.39, 0.29) is 13.2 Å². The van der Waals surface area contributed by atoms with Crippen LogP contribution in [-0.4, -0.2) is 35.8 Å². The fraction of sp³-hybridized carbons (Fsp3) is 0.500. The number of fused-ring (bicyclic) bond motifs is 1. The van der Waals surface area contributed by atoms with Crippen LogP contribution in [0.15, 0.2) is 42.5 Å². The molecule has 0 spiro atoms. The molecule has 2 N–H and O–H groups in total. The maximum Gasteiger partial charge on any atom is 0.138 e. The molecule has 4 nitrogen and oxygen atoms in total. The lowest BCUT2D eigenvalue weighted by molar-refractivity contribution is 0.277. The molecule has 0 unspecified atom stereocenters. The van der Waals surface area contributed by atoms with Gasteiger partial charge in [0.1, 0.15) is 11.5 Å². The summed E-state index contributed by atoms with van der Waals surface area (Å²) in [6.45, 7) is -0.162. The minimum absolute atomic E-state index is 0.0621. The lowest BCUT2D eigenvalue weighted by Gasteiger charge is -2.40. The smallest absolute Gasteiger partial charge is 0.138 e. The third kappa shape index (κ3) is 5.13. The lowest BCUT2D eigenvalue weighted by Crippen LogP contribution is -2.28. The van der Waals surface area contributed by atoms with E-state index in [0.29, 0.717) is 11.3 Å². The first-order valence-corrected chi connectivity index (χ1v) is 15.5. The number of aliphatic hydroxyl groups excluding tert-OH is 2. The molecule has 0 aromatic heterocycles. The summed E-state index contributed by atoms with van der Waals surface area (Å²) in [6.07, 6.45) is 13.2. The molecular formula is C32H41O4P. The fourth-order valence-corrected chi connectivity index (χ4v) is 10.9. The molecule has 5 rings (SSSR count). The molecule has 0 heterocycles. The summed E-state index contributed by atoms with van der Waals surface area (Å²) in [5.74, 6) is 1.86. The predicted molar refractivity (Wildman–Crippen MR) is 155 cm³/mol. The summed E-state index contributed by atoms with van der Waals surface area (Å²) in [6, 6.07) is 14.4. The summed E-state index contributed by atoms with van der Waals surface area (Å²) >= 11 is 0. The van der Waals surface area contributed by atoms with Crippen molar-refractivity contribution in [3.8, 4) is 22.6 Å². The van der Waals surface area contributed by atoms with E-state index >= 15 is 0 Å². The second kappa shape index (κ2) is 12.2. The van der Waals surface area contributed by atoms with Crippen LogP contribution < -0.4 is 14.8 Å². The molecule has 0 radical (unpaired) electrons. The highest BCUT2D eigenvalue weighted by Crippen LogP contribution is 2.59. The number of hydrogen-bond donors (Lipinski definition) is 2. The minimum Gasteiger partial charge on any atom is -0.496 e. The Kier molecular flexibility index (Phi) is 8.70. The molecule has 2 aliphatic rings. The summed E-state index contributed by atoms with van der Waals surface area (Å²) in [5.41, 5.74) is 5.08. The molecule has 0 aliphatic heterocycles. The van der Waals surface area contributed by atoms with Crippen LogP contribution in [0.4, 0.5) is 0 Å². The van der Waals surface area contributed by atoms with Gasteiger partial charge in [0, 0.05) is 5.56 Å². The van der Waals surface area contributed by atoms with E-state index in [4.69, 9.17) is 9.47 Å². The van der Waals surface area contributed by atoms with Gasteiger partial charge >= 0.3 is 0 Å². The van der Waals surface area contributed by atoms with E-state index in [1.165, 1.54) is 69.5 Å². The van der Waals surface area contributed by atoms with Crippen molar-refractivity contribution in [2.24, 2.45) is 0 Å². The van der Waals surface area contributed by atoms with E-state index in [9.17, 15) is 10.2 Å². The average molecular weight is 521 g/mol. The zero-order valence-corrected chi connectivity index (χ0v) is 23.2. The first-order chi connectivity index (χ1) is 18.2. The Labute approximate surface area is 222 Å². The van der Waals surface area contributed by atoms with Crippen LogP contribution in [0.25, 0.3) is 21.9 Å². The van der Waals surface area contributed by atoms with Gasteiger partial charge in [0.15, 0.2) is 0 Å². The first kappa shape index (κ1) is 26.5. The van der Waals surface area contributed by atoms with Crippen molar-refractivity contribution < 1.29 is 19.7 Å². The Morgan fingerprint density at radius 1 is 0.730 bits per heavy atom. The van der Waals surface area contributed by atoms with Gasteiger partial charge in [-0.25, -0.2) is 0 Å². The van der Waals surface area contributed by atoms with Gasteiger partial charge in [-0.05, 0) is 82.7 Å². The highest BCUT2D eigenvalue weighted by Gasteiger charge is 2.37. The van der Waals surface area contributed by atoms with Crippen LogP contribution in [-0.2, 0) is 13.2 Å². The van der Waals surface area contributed by atoms with Crippen molar-refractivity contribution in [3.63, 3.8) is 0 Å².